The first-order valence-corrected chi connectivity index (χ1v) is 10.2. The van der Waals surface area contributed by atoms with Crippen LogP contribution in [0.15, 0.2) is 12.1 Å². The van der Waals surface area contributed by atoms with E-state index in [2.05, 4.69) is 37.9 Å². The van der Waals surface area contributed by atoms with E-state index in [0.29, 0.717) is 21.4 Å². The Bertz CT molecular complexity index is 725. The van der Waals surface area contributed by atoms with Crippen molar-refractivity contribution in [3.05, 3.63) is 34.7 Å². The summed E-state index contributed by atoms with van der Waals surface area (Å²) in [6, 6.07) is 2.98. The fourth-order valence-corrected chi connectivity index (χ4v) is 3.83. The van der Waals surface area contributed by atoms with Gasteiger partial charge in [-0.1, -0.05) is 13.0 Å². The zero-order chi connectivity index (χ0) is 21.3. The molecule has 6 nitrogen and oxygen atoms in total. The van der Waals surface area contributed by atoms with E-state index < -0.39 is 5.97 Å². The van der Waals surface area contributed by atoms with Gasteiger partial charge in [-0.15, -0.1) is 0 Å². The molecular weight excluding hydrogens is 354 g/mol. The Morgan fingerprint density at radius 3 is 2.21 bits per heavy atom. The molecule has 1 rings (SSSR count). The lowest BCUT2D eigenvalue weighted by molar-refractivity contribution is -0.938. The van der Waals surface area contributed by atoms with E-state index in [4.69, 9.17) is 11.3 Å². The normalized spacial score (nSPS) is 12.2. The average molecular weight is 389 g/mol. The molecule has 0 aliphatic carbocycles. The molecule has 1 unspecified atom stereocenters. The summed E-state index contributed by atoms with van der Waals surface area (Å²) >= 11 is 0. The van der Waals surface area contributed by atoms with E-state index >= 15 is 0 Å². The molecule has 0 aliphatic heterocycles. The minimum absolute atomic E-state index is 0.0865. The maximum Gasteiger partial charge on any atom is 0.338 e. The van der Waals surface area contributed by atoms with Gasteiger partial charge in [0, 0.05) is 6.42 Å². The van der Waals surface area contributed by atoms with Crippen LogP contribution in [0.4, 0.5) is 11.4 Å². The average Bonchev–Trinajstić information content (AvgIpc) is 2.70. The van der Waals surface area contributed by atoms with Gasteiger partial charge < -0.3 is 14.5 Å². The number of anilines is 1. The number of hydrogen-bond donors (Lipinski definition) is 1. The predicted molar refractivity (Wildman–Crippen MR) is 113 cm³/mol. The van der Waals surface area contributed by atoms with Crippen molar-refractivity contribution in [3.8, 4) is 0 Å². The molecule has 1 N–H and O–H groups in total. The highest BCUT2D eigenvalue weighted by molar-refractivity contribution is 6.04. The van der Waals surface area contributed by atoms with Gasteiger partial charge in [-0.2, -0.15) is 0 Å². The van der Waals surface area contributed by atoms with Gasteiger partial charge in [0.05, 0.1) is 44.1 Å². The second kappa shape index (κ2) is 10.8. The van der Waals surface area contributed by atoms with Crippen molar-refractivity contribution in [3.63, 3.8) is 0 Å². The number of carbonyl (C=O) groups excluding carboxylic acids is 2. The lowest BCUT2D eigenvalue weighted by atomic mass is 10.0. The molecule has 1 aromatic rings. The molecule has 28 heavy (non-hydrogen) atoms. The van der Waals surface area contributed by atoms with Crippen LogP contribution in [0.5, 0.6) is 0 Å². The number of aryl methyl sites for hydroxylation is 1. The van der Waals surface area contributed by atoms with Gasteiger partial charge in [0.25, 0.3) is 5.91 Å². The third kappa shape index (κ3) is 5.11. The Morgan fingerprint density at radius 2 is 1.75 bits per heavy atom. The van der Waals surface area contributed by atoms with E-state index in [1.807, 2.05) is 0 Å². The molecule has 154 valence electrons. The molecule has 0 radical (unpaired) electrons. The van der Waals surface area contributed by atoms with Gasteiger partial charge in [0.1, 0.15) is 0 Å². The van der Waals surface area contributed by atoms with Crippen molar-refractivity contribution in [1.82, 2.24) is 0 Å². The van der Waals surface area contributed by atoms with Crippen LogP contribution >= 0.6 is 0 Å². The first-order chi connectivity index (χ1) is 13.3. The zero-order valence-electron chi connectivity index (χ0n) is 18.1. The van der Waals surface area contributed by atoms with E-state index in [1.54, 1.807) is 19.9 Å². The van der Waals surface area contributed by atoms with Crippen molar-refractivity contribution in [2.45, 2.75) is 60.4 Å². The number of rotatable bonds is 10. The summed E-state index contributed by atoms with van der Waals surface area (Å²) in [6.45, 7) is 22.0. The highest BCUT2D eigenvalue weighted by Gasteiger charge is 2.38. The van der Waals surface area contributed by atoms with Crippen LogP contribution in [0.3, 0.4) is 0 Å². The molecule has 0 spiro atoms. The van der Waals surface area contributed by atoms with Gasteiger partial charge in [-0.25, -0.2) is 9.64 Å². The van der Waals surface area contributed by atoms with E-state index in [-0.39, 0.29) is 24.1 Å². The van der Waals surface area contributed by atoms with Crippen LogP contribution in [-0.2, 0) is 9.53 Å². The number of esters is 1. The summed E-state index contributed by atoms with van der Waals surface area (Å²) in [6.07, 6.45) is 1.67. The summed E-state index contributed by atoms with van der Waals surface area (Å²) in [7, 11) is 0. The van der Waals surface area contributed by atoms with E-state index in [0.717, 1.165) is 32.5 Å². The highest BCUT2D eigenvalue weighted by atomic mass is 16.5. The number of benzene rings is 1. The van der Waals surface area contributed by atoms with Crippen molar-refractivity contribution >= 4 is 23.3 Å². The molecule has 0 saturated heterocycles. The Morgan fingerprint density at radius 1 is 1.14 bits per heavy atom. The number of hydrogen-bond acceptors (Lipinski definition) is 3. The topological polar surface area (TPSA) is 59.8 Å². The monoisotopic (exact) mass is 388 g/mol. The maximum atomic E-state index is 13.3. The zero-order valence-corrected chi connectivity index (χ0v) is 18.1. The van der Waals surface area contributed by atoms with Crippen molar-refractivity contribution < 1.29 is 18.8 Å². The minimum atomic E-state index is -0.527. The lowest BCUT2D eigenvalue weighted by Crippen LogP contribution is -2.59. The summed E-state index contributed by atoms with van der Waals surface area (Å²) in [5, 5.41) is 3.00. The first kappa shape index (κ1) is 23.6. The van der Waals surface area contributed by atoms with Gasteiger partial charge in [-0.05, 0) is 52.7 Å². The largest absolute Gasteiger partial charge is 0.462 e. The van der Waals surface area contributed by atoms with E-state index in [1.165, 1.54) is 6.07 Å². The third-order valence-electron chi connectivity index (χ3n) is 5.61. The van der Waals surface area contributed by atoms with Crippen molar-refractivity contribution in [1.29, 1.82) is 0 Å². The number of carbonyl (C=O) groups is 2. The van der Waals surface area contributed by atoms with Crippen LogP contribution in [0.2, 0.25) is 0 Å². The molecule has 0 saturated carbocycles. The number of likely N-dealkylation sites (N-methyl/N-ethyl adjacent to an activating group) is 1. The molecule has 0 bridgehead atoms. The highest BCUT2D eigenvalue weighted by Crippen LogP contribution is 2.29. The maximum absolute atomic E-state index is 13.3. The Balaban J connectivity index is 3.38. The fourth-order valence-electron chi connectivity index (χ4n) is 3.83. The molecule has 0 aromatic heterocycles. The second-order valence-electron chi connectivity index (χ2n) is 6.98. The van der Waals surface area contributed by atoms with Crippen molar-refractivity contribution in [2.24, 2.45) is 0 Å². The summed E-state index contributed by atoms with van der Waals surface area (Å²) in [4.78, 5) is 29.2. The quantitative estimate of drug-likeness (QED) is 0.359. The molecule has 6 heteroatoms. The Kier molecular flexibility index (Phi) is 9.14. The molecule has 0 fully saturated rings. The first-order valence-electron chi connectivity index (χ1n) is 10.2. The van der Waals surface area contributed by atoms with Gasteiger partial charge in [0.15, 0.2) is 11.7 Å². The lowest BCUT2D eigenvalue weighted by Gasteiger charge is -2.42. The molecule has 1 amide bonds. The molecular formula is C22H34N3O3+. The predicted octanol–water partition coefficient (Wildman–Crippen LogP) is 4.71. The van der Waals surface area contributed by atoms with Crippen LogP contribution in [0, 0.1) is 13.5 Å². The number of nitrogens with zero attached hydrogens (tertiary/aromatic N) is 2. The van der Waals surface area contributed by atoms with Crippen LogP contribution in [-0.4, -0.2) is 48.6 Å². The minimum Gasteiger partial charge on any atom is -0.462 e. The standard InChI is InChI=1S/C22H33N3O3/c1-8-13-19(25(9-2,10-3)11-4)21(26)24-20-16(6)14-17(23-7)15-18(20)22(27)28-12-5/h14-15,19H,8-13H2,1-6H3/p+1. The summed E-state index contributed by atoms with van der Waals surface area (Å²) < 4.78 is 5.85. The number of quaternary nitrogens is 1. The van der Waals surface area contributed by atoms with Crippen LogP contribution in [0.1, 0.15) is 63.4 Å². The molecule has 0 heterocycles. The van der Waals surface area contributed by atoms with E-state index in [9.17, 15) is 9.59 Å². The van der Waals surface area contributed by atoms with Crippen LogP contribution in [0.25, 0.3) is 4.85 Å². The number of nitrogens with one attached hydrogen (secondary N) is 1. The fraction of sp³-hybridized carbons (Fsp3) is 0.591. The SMILES string of the molecule is [C-]#[N+]c1cc(C)c(NC(=O)C(CCC)[N+](CC)(CC)CC)c(C(=O)OCC)c1. The summed E-state index contributed by atoms with van der Waals surface area (Å²) in [5.41, 5.74) is 1.71. The van der Waals surface area contributed by atoms with Gasteiger partial charge in [-0.3, -0.25) is 4.79 Å². The van der Waals surface area contributed by atoms with Crippen LogP contribution < -0.4 is 5.32 Å². The number of ether oxygens (including phenoxy) is 1. The smallest absolute Gasteiger partial charge is 0.338 e. The summed E-state index contributed by atoms with van der Waals surface area (Å²) in [5.74, 6) is -0.614. The van der Waals surface area contributed by atoms with Gasteiger partial charge in [0.2, 0.25) is 0 Å². The second-order valence-corrected chi connectivity index (χ2v) is 6.98. The Labute approximate surface area is 169 Å². The molecule has 1 atom stereocenters. The van der Waals surface area contributed by atoms with Gasteiger partial charge >= 0.3 is 5.97 Å². The van der Waals surface area contributed by atoms with Crippen molar-refractivity contribution in [2.75, 3.05) is 31.6 Å². The third-order valence-corrected chi connectivity index (χ3v) is 5.61. The number of amides is 1. The molecule has 0 aliphatic rings. The Hall–Kier alpha value is -2.39. The molecule has 1 aromatic carbocycles.